The minimum Gasteiger partial charge on any atom is -0.0623 e. The molecule has 4 aromatic carbocycles. The second-order valence-electron chi connectivity index (χ2n) is 6.07. The molecule has 25 heavy (non-hydrogen) atoms. The van der Waals surface area contributed by atoms with Gasteiger partial charge in [-0.15, -0.1) is 0 Å². The number of benzene rings is 4. The largest absolute Gasteiger partial charge is 0.179 e. The second kappa shape index (κ2) is 6.92. The van der Waals surface area contributed by atoms with Crippen molar-refractivity contribution in [3.63, 3.8) is 0 Å². The van der Waals surface area contributed by atoms with Crippen LogP contribution in [0.3, 0.4) is 0 Å². The van der Waals surface area contributed by atoms with Gasteiger partial charge >= 0.3 is 0 Å². The first-order chi connectivity index (χ1) is 12.4. The molecule has 4 aromatic rings. The smallest absolute Gasteiger partial charge is 0.0623 e. The van der Waals surface area contributed by atoms with Crippen LogP contribution in [0.15, 0.2) is 109 Å². The van der Waals surface area contributed by atoms with Crippen molar-refractivity contribution in [2.45, 2.75) is 0 Å². The lowest BCUT2D eigenvalue weighted by Gasteiger charge is -2.34. The van der Waals surface area contributed by atoms with E-state index in [0.29, 0.717) is 0 Å². The molecule has 0 amide bonds. The molecule has 0 saturated carbocycles. The van der Waals surface area contributed by atoms with Crippen LogP contribution in [-0.4, -0.2) is 8.07 Å². The lowest BCUT2D eigenvalue weighted by molar-refractivity contribution is 1.65. The first kappa shape index (κ1) is 15.6. The zero-order chi connectivity index (χ0) is 17.0. The molecule has 0 saturated heterocycles. The van der Waals surface area contributed by atoms with Gasteiger partial charge in [0.15, 0.2) is 8.07 Å². The lowest BCUT2D eigenvalue weighted by atomic mass is 10.3. The molecule has 0 aliphatic rings. The molecule has 2 radical (unpaired) electrons. The van der Waals surface area contributed by atoms with Crippen LogP contribution in [0, 0.1) is 12.1 Å². The molecule has 0 nitrogen and oxygen atoms in total. The van der Waals surface area contributed by atoms with E-state index in [0.717, 1.165) is 0 Å². The Morgan fingerprint density at radius 3 is 1.16 bits per heavy atom. The first-order valence-corrected chi connectivity index (χ1v) is 10.5. The van der Waals surface area contributed by atoms with E-state index in [2.05, 4.69) is 115 Å². The molecule has 0 bridgehead atoms. The maximum Gasteiger partial charge on any atom is 0.179 e. The zero-order valence-electron chi connectivity index (χ0n) is 13.9. The highest BCUT2D eigenvalue weighted by molar-refractivity contribution is 7.19. The van der Waals surface area contributed by atoms with Crippen molar-refractivity contribution in [2.75, 3.05) is 0 Å². The summed E-state index contributed by atoms with van der Waals surface area (Å²) in [6.45, 7) is 0. The van der Waals surface area contributed by atoms with Crippen LogP contribution in [0.25, 0.3) is 0 Å². The Morgan fingerprint density at radius 1 is 0.440 bits per heavy atom. The van der Waals surface area contributed by atoms with Crippen molar-refractivity contribution in [1.82, 2.24) is 0 Å². The van der Waals surface area contributed by atoms with Gasteiger partial charge in [-0.2, -0.15) is 0 Å². The van der Waals surface area contributed by atoms with Gasteiger partial charge in [-0.05, 0) is 38.9 Å². The van der Waals surface area contributed by atoms with Crippen molar-refractivity contribution in [1.29, 1.82) is 0 Å². The van der Waals surface area contributed by atoms with E-state index in [9.17, 15) is 0 Å². The van der Waals surface area contributed by atoms with Crippen LogP contribution in [0.2, 0.25) is 0 Å². The fraction of sp³-hybridized carbons (Fsp3) is 0. The first-order valence-electron chi connectivity index (χ1n) is 8.46. The van der Waals surface area contributed by atoms with Gasteiger partial charge in [0.2, 0.25) is 0 Å². The highest BCUT2D eigenvalue weighted by Gasteiger charge is 2.40. The summed E-state index contributed by atoms with van der Waals surface area (Å²) in [4.78, 5) is 0. The highest BCUT2D eigenvalue weighted by Crippen LogP contribution is 2.08. The summed E-state index contributed by atoms with van der Waals surface area (Å²) >= 11 is 0. The van der Waals surface area contributed by atoms with E-state index in [1.807, 2.05) is 6.07 Å². The summed E-state index contributed by atoms with van der Waals surface area (Å²) in [7, 11) is -2.36. The third kappa shape index (κ3) is 2.73. The summed E-state index contributed by atoms with van der Waals surface area (Å²) in [6.07, 6.45) is 0. The Morgan fingerprint density at radius 2 is 0.800 bits per heavy atom. The Labute approximate surface area is 150 Å². The van der Waals surface area contributed by atoms with E-state index in [1.165, 1.54) is 20.7 Å². The molecule has 0 fully saturated rings. The molecular formula is C24H18Si. The minimum atomic E-state index is -2.36. The Bertz CT molecular complexity index is 753. The number of rotatable bonds is 4. The molecule has 4 rings (SSSR count). The fourth-order valence-corrected chi connectivity index (χ4v) is 8.31. The van der Waals surface area contributed by atoms with Gasteiger partial charge < -0.3 is 0 Å². The molecule has 0 aliphatic heterocycles. The van der Waals surface area contributed by atoms with Crippen molar-refractivity contribution in [3.05, 3.63) is 121 Å². The average molecular weight is 334 g/mol. The minimum absolute atomic E-state index is 1.30. The standard InChI is InChI=1S/C24H18Si/c1-5-13-21(14-6-1)25(22-15-7-2-8-16-22,23-17-9-3-10-18-23)24-19-11-4-12-20-24/h1-10,13-20H. The van der Waals surface area contributed by atoms with Crippen LogP contribution in [0.5, 0.6) is 0 Å². The molecule has 1 heteroatoms. The molecule has 118 valence electrons. The van der Waals surface area contributed by atoms with E-state index < -0.39 is 8.07 Å². The fourth-order valence-electron chi connectivity index (χ4n) is 3.63. The van der Waals surface area contributed by atoms with Crippen LogP contribution in [0.4, 0.5) is 0 Å². The Hall–Kier alpha value is -2.90. The molecular weight excluding hydrogens is 316 g/mol. The predicted molar refractivity (Wildman–Crippen MR) is 108 cm³/mol. The number of hydrogen-bond acceptors (Lipinski definition) is 0. The van der Waals surface area contributed by atoms with Crippen molar-refractivity contribution >= 4 is 28.8 Å². The van der Waals surface area contributed by atoms with E-state index in [1.54, 1.807) is 0 Å². The summed E-state index contributed by atoms with van der Waals surface area (Å²) < 4.78 is 0. The number of hydrogen-bond donors (Lipinski definition) is 0. The maximum absolute atomic E-state index is 3.25. The molecule has 0 atom stereocenters. The summed E-state index contributed by atoms with van der Waals surface area (Å²) in [5.74, 6) is 0. The van der Waals surface area contributed by atoms with Gasteiger partial charge in [0.05, 0.1) is 0 Å². The van der Waals surface area contributed by atoms with Gasteiger partial charge in [0, 0.05) is 0 Å². The molecule has 0 aliphatic carbocycles. The molecule has 0 spiro atoms. The van der Waals surface area contributed by atoms with Gasteiger partial charge in [-0.25, -0.2) is 0 Å². The van der Waals surface area contributed by atoms with Gasteiger partial charge in [0.25, 0.3) is 0 Å². The van der Waals surface area contributed by atoms with Gasteiger partial charge in [-0.3, -0.25) is 0 Å². The van der Waals surface area contributed by atoms with E-state index in [-0.39, 0.29) is 0 Å². The third-order valence-corrected chi connectivity index (χ3v) is 9.45. The molecule has 0 unspecified atom stereocenters. The van der Waals surface area contributed by atoms with Crippen LogP contribution in [0.1, 0.15) is 0 Å². The molecule has 0 N–H and O–H groups in total. The van der Waals surface area contributed by atoms with Crippen molar-refractivity contribution < 1.29 is 0 Å². The van der Waals surface area contributed by atoms with Crippen LogP contribution in [-0.2, 0) is 0 Å². The molecule has 0 heterocycles. The monoisotopic (exact) mass is 334 g/mol. The normalized spacial score (nSPS) is 11.2. The van der Waals surface area contributed by atoms with Crippen LogP contribution >= 0.6 is 0 Å². The molecule has 0 aromatic heterocycles. The Balaban J connectivity index is 2.13. The third-order valence-electron chi connectivity index (χ3n) is 4.70. The summed E-state index contributed by atoms with van der Waals surface area (Å²) in [5.41, 5.74) is 0. The van der Waals surface area contributed by atoms with Gasteiger partial charge in [-0.1, -0.05) is 103 Å². The zero-order valence-corrected chi connectivity index (χ0v) is 14.9. The summed E-state index contributed by atoms with van der Waals surface area (Å²) in [6, 6.07) is 45.3. The second-order valence-corrected chi connectivity index (χ2v) is 9.88. The van der Waals surface area contributed by atoms with E-state index in [4.69, 9.17) is 0 Å². The van der Waals surface area contributed by atoms with Crippen molar-refractivity contribution in [2.24, 2.45) is 0 Å². The highest BCUT2D eigenvalue weighted by atomic mass is 28.3. The van der Waals surface area contributed by atoms with Crippen LogP contribution < -0.4 is 20.7 Å². The van der Waals surface area contributed by atoms with Crippen molar-refractivity contribution in [3.8, 4) is 0 Å². The summed E-state index contributed by atoms with van der Waals surface area (Å²) in [5, 5.41) is 5.43. The average Bonchev–Trinajstić information content (AvgIpc) is 2.72. The SMILES string of the molecule is [c]1c[c]cc([Si](c2ccccc2)(c2ccccc2)c2ccccc2)c1. The van der Waals surface area contributed by atoms with Gasteiger partial charge in [0.1, 0.15) is 0 Å². The maximum atomic E-state index is 3.25. The lowest BCUT2D eigenvalue weighted by Crippen LogP contribution is -2.74. The quantitative estimate of drug-likeness (QED) is 0.398. The topological polar surface area (TPSA) is 0 Å². The Kier molecular flexibility index (Phi) is 4.32. The predicted octanol–water partition coefficient (Wildman–Crippen LogP) is 2.66. The van der Waals surface area contributed by atoms with E-state index >= 15 is 0 Å².